The minimum Gasteiger partial charge on any atom is -0.495 e. The fourth-order valence-corrected chi connectivity index (χ4v) is 3.44. The standard InChI is InChI=1S/C18H15Cl3N2O3/c1-26-16-5-3-12(20)8-15(16)23-9-10(6-17(23)24)18(25)22-14-4-2-11(19)7-13(14)21/h2-5,7-8,10H,6,9H2,1H3,(H,22,25)/t10-/m0/s1. The molecular weight excluding hydrogens is 399 g/mol. The smallest absolute Gasteiger partial charge is 0.229 e. The molecule has 0 spiro atoms. The van der Waals surface area contributed by atoms with E-state index in [2.05, 4.69) is 5.32 Å². The molecule has 3 rings (SSSR count). The first-order valence-corrected chi connectivity index (χ1v) is 8.92. The summed E-state index contributed by atoms with van der Waals surface area (Å²) in [4.78, 5) is 26.5. The van der Waals surface area contributed by atoms with Crippen molar-refractivity contribution in [3.05, 3.63) is 51.5 Å². The molecule has 2 aromatic rings. The van der Waals surface area contributed by atoms with Gasteiger partial charge in [0.1, 0.15) is 5.75 Å². The summed E-state index contributed by atoms with van der Waals surface area (Å²) >= 11 is 18.0. The highest BCUT2D eigenvalue weighted by Crippen LogP contribution is 2.35. The quantitative estimate of drug-likeness (QED) is 0.794. The van der Waals surface area contributed by atoms with E-state index in [1.807, 2.05) is 0 Å². The van der Waals surface area contributed by atoms with Gasteiger partial charge in [-0.05, 0) is 36.4 Å². The molecular formula is C18H15Cl3N2O3. The van der Waals surface area contributed by atoms with Gasteiger partial charge < -0.3 is 15.0 Å². The van der Waals surface area contributed by atoms with E-state index in [-0.39, 0.29) is 24.8 Å². The SMILES string of the molecule is COc1ccc(Cl)cc1N1C[C@@H](C(=O)Nc2ccc(Cl)cc2Cl)CC1=O. The largest absolute Gasteiger partial charge is 0.495 e. The zero-order valence-electron chi connectivity index (χ0n) is 13.8. The number of hydrogen-bond donors (Lipinski definition) is 1. The van der Waals surface area contributed by atoms with Crippen LogP contribution in [0.3, 0.4) is 0 Å². The number of nitrogens with one attached hydrogen (secondary N) is 1. The summed E-state index contributed by atoms with van der Waals surface area (Å²) in [5, 5.41) is 4.04. The molecule has 0 aliphatic carbocycles. The summed E-state index contributed by atoms with van der Waals surface area (Å²) in [6, 6.07) is 9.81. The predicted octanol–water partition coefficient (Wildman–Crippen LogP) is 4.65. The van der Waals surface area contributed by atoms with Crippen LogP contribution in [-0.4, -0.2) is 25.5 Å². The second kappa shape index (κ2) is 7.74. The van der Waals surface area contributed by atoms with Gasteiger partial charge >= 0.3 is 0 Å². The Bertz CT molecular complexity index is 873. The number of rotatable bonds is 4. The first kappa shape index (κ1) is 18.8. The molecule has 1 aliphatic heterocycles. The maximum atomic E-state index is 12.6. The van der Waals surface area contributed by atoms with E-state index in [1.54, 1.807) is 36.4 Å². The molecule has 0 saturated carbocycles. The van der Waals surface area contributed by atoms with Crippen molar-refractivity contribution in [2.75, 3.05) is 23.9 Å². The number of methoxy groups -OCH3 is 1. The Hall–Kier alpha value is -1.95. The van der Waals surface area contributed by atoms with Crippen LogP contribution in [0.2, 0.25) is 15.1 Å². The van der Waals surface area contributed by atoms with Crippen LogP contribution < -0.4 is 15.0 Å². The Morgan fingerprint density at radius 3 is 2.54 bits per heavy atom. The number of ether oxygens (including phenoxy) is 1. The van der Waals surface area contributed by atoms with Gasteiger partial charge in [-0.25, -0.2) is 0 Å². The second-order valence-electron chi connectivity index (χ2n) is 5.83. The maximum absolute atomic E-state index is 12.6. The Morgan fingerprint density at radius 1 is 1.15 bits per heavy atom. The number of amides is 2. The average molecular weight is 414 g/mol. The van der Waals surface area contributed by atoms with Crippen LogP contribution in [0.5, 0.6) is 5.75 Å². The molecule has 2 amide bonds. The highest BCUT2D eigenvalue weighted by molar-refractivity contribution is 6.36. The summed E-state index contributed by atoms with van der Waals surface area (Å²) in [6.45, 7) is 0.229. The molecule has 26 heavy (non-hydrogen) atoms. The number of anilines is 2. The van der Waals surface area contributed by atoms with E-state index in [4.69, 9.17) is 39.5 Å². The van der Waals surface area contributed by atoms with Gasteiger partial charge in [0, 0.05) is 23.0 Å². The molecule has 0 bridgehead atoms. The van der Waals surface area contributed by atoms with E-state index in [1.165, 1.54) is 12.0 Å². The monoisotopic (exact) mass is 412 g/mol. The average Bonchev–Trinajstić information content (AvgIpc) is 2.99. The van der Waals surface area contributed by atoms with Gasteiger partial charge in [-0.2, -0.15) is 0 Å². The lowest BCUT2D eigenvalue weighted by Crippen LogP contribution is -2.28. The van der Waals surface area contributed by atoms with Crippen LogP contribution >= 0.6 is 34.8 Å². The fraction of sp³-hybridized carbons (Fsp3) is 0.222. The Kier molecular flexibility index (Phi) is 5.61. The first-order chi connectivity index (χ1) is 12.4. The molecule has 1 saturated heterocycles. The van der Waals surface area contributed by atoms with Crippen molar-refractivity contribution in [2.45, 2.75) is 6.42 Å². The Balaban J connectivity index is 1.77. The lowest BCUT2D eigenvalue weighted by atomic mass is 10.1. The summed E-state index contributed by atoms with van der Waals surface area (Å²) in [5.41, 5.74) is 0.997. The molecule has 1 fully saturated rings. The number of nitrogens with zero attached hydrogens (tertiary/aromatic N) is 1. The van der Waals surface area contributed by atoms with Gasteiger partial charge in [-0.1, -0.05) is 34.8 Å². The minimum atomic E-state index is -0.516. The second-order valence-corrected chi connectivity index (χ2v) is 7.12. The summed E-state index contributed by atoms with van der Waals surface area (Å²) in [6.07, 6.45) is 0.0900. The third-order valence-corrected chi connectivity index (χ3v) is 4.90. The third-order valence-electron chi connectivity index (χ3n) is 4.12. The summed E-state index contributed by atoms with van der Waals surface area (Å²) < 4.78 is 5.30. The fourth-order valence-electron chi connectivity index (χ4n) is 2.82. The van der Waals surface area contributed by atoms with Crippen molar-refractivity contribution in [1.82, 2.24) is 0 Å². The molecule has 0 aromatic heterocycles. The molecule has 2 aromatic carbocycles. The van der Waals surface area contributed by atoms with E-state index in [9.17, 15) is 9.59 Å². The zero-order chi connectivity index (χ0) is 18.8. The van der Waals surface area contributed by atoms with Crippen LogP contribution in [0.4, 0.5) is 11.4 Å². The molecule has 0 unspecified atom stereocenters. The van der Waals surface area contributed by atoms with Crippen LogP contribution in [-0.2, 0) is 9.59 Å². The van der Waals surface area contributed by atoms with Gasteiger partial charge in [0.15, 0.2) is 0 Å². The van der Waals surface area contributed by atoms with Gasteiger partial charge in [0.05, 0.1) is 29.4 Å². The van der Waals surface area contributed by atoms with Crippen molar-refractivity contribution in [3.8, 4) is 5.75 Å². The third kappa shape index (κ3) is 3.90. The van der Waals surface area contributed by atoms with Gasteiger partial charge in [-0.15, -0.1) is 0 Å². The lowest BCUT2D eigenvalue weighted by Gasteiger charge is -2.20. The number of halogens is 3. The Morgan fingerprint density at radius 2 is 1.85 bits per heavy atom. The molecule has 1 N–H and O–H groups in total. The van der Waals surface area contributed by atoms with E-state index in [0.717, 1.165) is 0 Å². The topological polar surface area (TPSA) is 58.6 Å². The van der Waals surface area contributed by atoms with Crippen LogP contribution in [0.1, 0.15) is 6.42 Å². The van der Waals surface area contributed by atoms with Crippen molar-refractivity contribution in [2.24, 2.45) is 5.92 Å². The Labute approximate surface area is 165 Å². The van der Waals surface area contributed by atoms with Crippen LogP contribution in [0.15, 0.2) is 36.4 Å². The molecule has 136 valence electrons. The van der Waals surface area contributed by atoms with Gasteiger partial charge in [0.25, 0.3) is 0 Å². The normalized spacial score (nSPS) is 16.7. The van der Waals surface area contributed by atoms with Gasteiger partial charge in [0.2, 0.25) is 11.8 Å². The summed E-state index contributed by atoms with van der Waals surface area (Å²) in [5.74, 6) is -0.457. The zero-order valence-corrected chi connectivity index (χ0v) is 16.0. The van der Waals surface area contributed by atoms with E-state index in [0.29, 0.717) is 32.2 Å². The first-order valence-electron chi connectivity index (χ1n) is 7.79. The molecule has 1 heterocycles. The predicted molar refractivity (Wildman–Crippen MR) is 104 cm³/mol. The summed E-state index contributed by atoms with van der Waals surface area (Å²) in [7, 11) is 1.51. The van der Waals surface area contributed by atoms with E-state index < -0.39 is 5.92 Å². The van der Waals surface area contributed by atoms with Gasteiger partial charge in [-0.3, -0.25) is 9.59 Å². The number of carbonyl (C=O) groups excluding carboxylic acids is 2. The van der Waals surface area contributed by atoms with Crippen LogP contribution in [0.25, 0.3) is 0 Å². The van der Waals surface area contributed by atoms with E-state index >= 15 is 0 Å². The number of benzene rings is 2. The molecule has 8 heteroatoms. The van der Waals surface area contributed by atoms with Crippen molar-refractivity contribution in [3.63, 3.8) is 0 Å². The molecule has 5 nitrogen and oxygen atoms in total. The van der Waals surface area contributed by atoms with Crippen molar-refractivity contribution < 1.29 is 14.3 Å². The number of hydrogen-bond acceptors (Lipinski definition) is 3. The molecule has 1 aliphatic rings. The highest BCUT2D eigenvalue weighted by Gasteiger charge is 2.36. The number of carbonyl (C=O) groups is 2. The minimum absolute atomic E-state index is 0.0900. The maximum Gasteiger partial charge on any atom is 0.229 e. The molecule has 0 radical (unpaired) electrons. The highest BCUT2D eigenvalue weighted by atomic mass is 35.5. The van der Waals surface area contributed by atoms with Crippen molar-refractivity contribution in [1.29, 1.82) is 0 Å². The lowest BCUT2D eigenvalue weighted by molar-refractivity contribution is -0.122. The van der Waals surface area contributed by atoms with Crippen molar-refractivity contribution >= 4 is 58.0 Å². The molecule has 1 atom stereocenters. The van der Waals surface area contributed by atoms with Crippen LogP contribution in [0, 0.1) is 5.92 Å².